The maximum Gasteiger partial charge on any atom is 0.169 e. The van der Waals surface area contributed by atoms with Crippen molar-refractivity contribution in [3.05, 3.63) is 17.4 Å². The average Bonchev–Trinajstić information content (AvgIpc) is 2.27. The first-order chi connectivity index (χ1) is 7.19. The van der Waals surface area contributed by atoms with Crippen LogP contribution in [0.15, 0.2) is 6.07 Å². The lowest BCUT2D eigenvalue weighted by molar-refractivity contribution is 0.333. The molecule has 1 rings (SSSR count). The van der Waals surface area contributed by atoms with Gasteiger partial charge in [-0.1, -0.05) is 0 Å². The van der Waals surface area contributed by atoms with Crippen molar-refractivity contribution in [1.82, 2.24) is 0 Å². The van der Waals surface area contributed by atoms with Crippen LogP contribution in [0.5, 0.6) is 17.2 Å². The van der Waals surface area contributed by atoms with Crippen LogP contribution in [0.2, 0.25) is 0 Å². The fourth-order valence-corrected chi connectivity index (χ4v) is 1.42. The van der Waals surface area contributed by atoms with Crippen LogP contribution in [0.25, 0.3) is 0 Å². The largest absolute Gasteiger partial charge is 0.493 e. The molecule has 84 valence electrons. The van der Waals surface area contributed by atoms with Crippen molar-refractivity contribution >= 4 is 0 Å². The molecule has 5 heteroatoms. The Balaban J connectivity index is 3.44. The highest BCUT2D eigenvalue weighted by atomic mass is 19.1. The average molecular weight is 215 g/mol. The van der Waals surface area contributed by atoms with Gasteiger partial charge < -0.3 is 19.9 Å². The Hall–Kier alpha value is -1.49. The molecule has 1 aromatic carbocycles. The van der Waals surface area contributed by atoms with Gasteiger partial charge in [-0.05, 0) is 0 Å². The Morgan fingerprint density at radius 1 is 1.13 bits per heavy atom. The van der Waals surface area contributed by atoms with Gasteiger partial charge in [0.05, 0.1) is 26.9 Å². The number of hydrogen-bond acceptors (Lipinski definition) is 4. The SMILES string of the molecule is COc1cc(F)c(OC)c(CN)c1OC. The van der Waals surface area contributed by atoms with Crippen molar-refractivity contribution in [2.75, 3.05) is 21.3 Å². The first kappa shape index (κ1) is 11.6. The van der Waals surface area contributed by atoms with Crippen LogP contribution >= 0.6 is 0 Å². The molecule has 1 aromatic rings. The first-order valence-electron chi connectivity index (χ1n) is 4.37. The number of methoxy groups -OCH3 is 3. The maximum atomic E-state index is 13.5. The lowest BCUT2D eigenvalue weighted by atomic mass is 10.1. The van der Waals surface area contributed by atoms with E-state index in [9.17, 15) is 4.39 Å². The van der Waals surface area contributed by atoms with E-state index in [2.05, 4.69) is 0 Å². The second-order valence-corrected chi connectivity index (χ2v) is 2.81. The zero-order valence-electron chi connectivity index (χ0n) is 8.96. The second-order valence-electron chi connectivity index (χ2n) is 2.81. The number of nitrogens with two attached hydrogens (primary N) is 1. The van der Waals surface area contributed by atoms with Crippen LogP contribution in [-0.4, -0.2) is 21.3 Å². The van der Waals surface area contributed by atoms with Crippen LogP contribution in [0.3, 0.4) is 0 Å². The molecular weight excluding hydrogens is 201 g/mol. The quantitative estimate of drug-likeness (QED) is 0.822. The molecule has 0 heterocycles. The summed E-state index contributed by atoms with van der Waals surface area (Å²) in [6.45, 7) is 0.112. The standard InChI is InChI=1S/C10H14FNO3/c1-13-8-4-7(11)9(14-2)6(5-12)10(8)15-3/h4H,5,12H2,1-3H3. The van der Waals surface area contributed by atoms with Crippen molar-refractivity contribution in [3.8, 4) is 17.2 Å². The molecule has 2 N–H and O–H groups in total. The van der Waals surface area contributed by atoms with Gasteiger partial charge in [0, 0.05) is 12.6 Å². The summed E-state index contributed by atoms with van der Waals surface area (Å²) in [6, 6.07) is 1.21. The van der Waals surface area contributed by atoms with Gasteiger partial charge in [0.25, 0.3) is 0 Å². The van der Waals surface area contributed by atoms with Gasteiger partial charge in [0.1, 0.15) is 0 Å². The van der Waals surface area contributed by atoms with Gasteiger partial charge in [0.15, 0.2) is 23.1 Å². The molecule has 0 unspecified atom stereocenters. The Morgan fingerprint density at radius 3 is 2.13 bits per heavy atom. The molecule has 15 heavy (non-hydrogen) atoms. The van der Waals surface area contributed by atoms with E-state index < -0.39 is 5.82 Å². The molecule has 0 spiro atoms. The first-order valence-corrected chi connectivity index (χ1v) is 4.37. The summed E-state index contributed by atoms with van der Waals surface area (Å²) < 4.78 is 28.5. The van der Waals surface area contributed by atoms with Gasteiger partial charge in [0.2, 0.25) is 0 Å². The van der Waals surface area contributed by atoms with Crippen LogP contribution in [0.4, 0.5) is 4.39 Å². The number of benzene rings is 1. The Bertz CT molecular complexity index is 355. The molecule has 0 fully saturated rings. The van der Waals surface area contributed by atoms with Gasteiger partial charge in [-0.25, -0.2) is 4.39 Å². The monoisotopic (exact) mass is 215 g/mol. The van der Waals surface area contributed by atoms with E-state index in [0.29, 0.717) is 17.1 Å². The number of rotatable bonds is 4. The highest BCUT2D eigenvalue weighted by molar-refractivity contribution is 5.54. The molecule has 0 atom stereocenters. The van der Waals surface area contributed by atoms with Gasteiger partial charge in [-0.2, -0.15) is 0 Å². The molecule has 4 nitrogen and oxygen atoms in total. The van der Waals surface area contributed by atoms with Crippen molar-refractivity contribution in [2.45, 2.75) is 6.54 Å². The molecule has 0 saturated heterocycles. The van der Waals surface area contributed by atoms with E-state index in [1.807, 2.05) is 0 Å². The van der Waals surface area contributed by atoms with Crippen molar-refractivity contribution < 1.29 is 18.6 Å². The minimum absolute atomic E-state index is 0.0927. The summed E-state index contributed by atoms with van der Waals surface area (Å²) in [5.41, 5.74) is 5.97. The number of hydrogen-bond donors (Lipinski definition) is 1. The van der Waals surface area contributed by atoms with Crippen molar-refractivity contribution in [2.24, 2.45) is 5.73 Å². The second kappa shape index (κ2) is 4.84. The third-order valence-corrected chi connectivity index (χ3v) is 2.08. The molecule has 0 aromatic heterocycles. The predicted molar refractivity (Wildman–Crippen MR) is 53.9 cm³/mol. The molecule has 0 radical (unpaired) electrons. The van der Waals surface area contributed by atoms with E-state index in [1.165, 1.54) is 27.4 Å². The van der Waals surface area contributed by atoms with Crippen LogP contribution in [0, 0.1) is 5.82 Å². The highest BCUT2D eigenvalue weighted by Gasteiger charge is 2.19. The van der Waals surface area contributed by atoms with E-state index in [4.69, 9.17) is 19.9 Å². The third-order valence-electron chi connectivity index (χ3n) is 2.08. The summed E-state index contributed by atoms with van der Waals surface area (Å²) in [6.07, 6.45) is 0. The third kappa shape index (κ3) is 1.97. The predicted octanol–water partition coefficient (Wildman–Crippen LogP) is 1.31. The Labute approximate surface area is 87.7 Å². The summed E-state index contributed by atoms with van der Waals surface area (Å²) in [4.78, 5) is 0. The smallest absolute Gasteiger partial charge is 0.169 e. The van der Waals surface area contributed by atoms with E-state index in [1.54, 1.807) is 0 Å². The lowest BCUT2D eigenvalue weighted by Crippen LogP contribution is -2.06. The van der Waals surface area contributed by atoms with E-state index in [-0.39, 0.29) is 12.3 Å². The molecule has 0 amide bonds. The van der Waals surface area contributed by atoms with Gasteiger partial charge in [-0.15, -0.1) is 0 Å². The fraction of sp³-hybridized carbons (Fsp3) is 0.400. The molecule has 0 aliphatic heterocycles. The highest BCUT2D eigenvalue weighted by Crippen LogP contribution is 2.39. The molecule has 0 aliphatic carbocycles. The number of halogens is 1. The normalized spacial score (nSPS) is 9.93. The summed E-state index contributed by atoms with van der Waals surface area (Å²) in [5.74, 6) is 0.278. The minimum Gasteiger partial charge on any atom is -0.493 e. The number of ether oxygens (including phenoxy) is 3. The lowest BCUT2D eigenvalue weighted by Gasteiger charge is -2.15. The maximum absolute atomic E-state index is 13.5. The molecule has 0 aliphatic rings. The Kier molecular flexibility index (Phi) is 3.74. The topological polar surface area (TPSA) is 53.7 Å². The summed E-state index contributed by atoms with van der Waals surface area (Å²) in [7, 11) is 4.28. The Morgan fingerprint density at radius 2 is 1.73 bits per heavy atom. The zero-order chi connectivity index (χ0) is 11.4. The van der Waals surface area contributed by atoms with Crippen LogP contribution in [0.1, 0.15) is 5.56 Å². The molecule has 0 saturated carbocycles. The van der Waals surface area contributed by atoms with Crippen LogP contribution in [-0.2, 0) is 6.54 Å². The summed E-state index contributed by atoms with van der Waals surface area (Å²) in [5, 5.41) is 0. The molecular formula is C10H14FNO3. The van der Waals surface area contributed by atoms with Crippen molar-refractivity contribution in [3.63, 3.8) is 0 Å². The minimum atomic E-state index is -0.518. The zero-order valence-corrected chi connectivity index (χ0v) is 8.96. The van der Waals surface area contributed by atoms with E-state index in [0.717, 1.165) is 0 Å². The van der Waals surface area contributed by atoms with Crippen LogP contribution < -0.4 is 19.9 Å². The van der Waals surface area contributed by atoms with Gasteiger partial charge in [-0.3, -0.25) is 0 Å². The van der Waals surface area contributed by atoms with Crippen molar-refractivity contribution in [1.29, 1.82) is 0 Å². The summed E-state index contributed by atoms with van der Waals surface area (Å²) >= 11 is 0. The van der Waals surface area contributed by atoms with E-state index >= 15 is 0 Å². The fourth-order valence-electron chi connectivity index (χ4n) is 1.42. The van der Waals surface area contributed by atoms with Gasteiger partial charge >= 0.3 is 0 Å². The molecule has 0 bridgehead atoms.